The molecular weight excluding hydrogens is 595 g/mol. The molecule has 250 valence electrons. The average molecular weight is 646 g/mol. The predicted molar refractivity (Wildman–Crippen MR) is 171 cm³/mol. The third kappa shape index (κ3) is 10.5. The zero-order valence-corrected chi connectivity index (χ0v) is 28.2. The molecule has 1 N–H and O–H groups in total. The fourth-order valence-corrected chi connectivity index (χ4v) is 5.99. The minimum absolute atomic E-state index is 0.171. The lowest BCUT2D eigenvalue weighted by Gasteiger charge is -2.40. The standard InChI is InChI=1S/C31H50F3N5O4S/c1-21(2)19-38(24-10-12-25(41-4)13-11-24)27-14-9-23(22(3)17-28(40)42-5)18-26(27)35-30-36-29(31(32,33)34)39(37-30)20-43-15-16-44(6,7)8/h9,14,18,21-22,24-25H,10-13,15-17,19-20H2,1-8H3,(H,35,37)/t22-,24?,25?/m1/s1. The first kappa shape index (κ1) is 36.0. The van der Waals surface area contributed by atoms with Crippen LogP contribution in [-0.4, -0.2) is 84.8 Å². The van der Waals surface area contributed by atoms with Crippen LogP contribution in [0.4, 0.5) is 30.5 Å². The SMILES string of the molecule is COC(=O)C[C@@H](C)c1ccc(N(CC(C)C)C2CCC(OC)CC2)c(Nc2nc(C(F)(F)F)n(COCCS(C)(C)C)n2)c1. The highest BCUT2D eigenvalue weighted by Gasteiger charge is 2.38. The van der Waals surface area contributed by atoms with Gasteiger partial charge in [-0.2, -0.15) is 18.2 Å². The third-order valence-electron chi connectivity index (χ3n) is 7.80. The monoisotopic (exact) mass is 645 g/mol. The van der Waals surface area contributed by atoms with Crippen LogP contribution in [0.15, 0.2) is 18.2 Å². The molecule has 1 aromatic heterocycles. The first-order valence-electron chi connectivity index (χ1n) is 15.1. The quantitative estimate of drug-likeness (QED) is 0.167. The molecule has 0 bridgehead atoms. The van der Waals surface area contributed by atoms with E-state index in [4.69, 9.17) is 14.2 Å². The Hall–Kier alpha value is -2.51. The maximum absolute atomic E-state index is 14.0. The van der Waals surface area contributed by atoms with E-state index in [9.17, 15) is 18.0 Å². The van der Waals surface area contributed by atoms with Crippen molar-refractivity contribution < 1.29 is 32.2 Å². The van der Waals surface area contributed by atoms with Gasteiger partial charge in [-0.05, 0) is 74.0 Å². The molecule has 0 amide bonds. The van der Waals surface area contributed by atoms with Gasteiger partial charge in [0.25, 0.3) is 0 Å². The van der Waals surface area contributed by atoms with Gasteiger partial charge in [-0.25, -0.2) is 14.7 Å². The highest BCUT2D eigenvalue weighted by atomic mass is 32.3. The number of ether oxygens (including phenoxy) is 3. The smallest absolute Gasteiger partial charge is 0.451 e. The first-order chi connectivity index (χ1) is 20.6. The van der Waals surface area contributed by atoms with E-state index in [1.165, 1.54) is 7.11 Å². The molecule has 0 radical (unpaired) electrons. The summed E-state index contributed by atoms with van der Waals surface area (Å²) in [5, 5.41) is 7.30. The Morgan fingerprint density at radius 1 is 1.14 bits per heavy atom. The van der Waals surface area contributed by atoms with E-state index in [0.717, 1.165) is 53.9 Å². The molecule has 1 aliphatic rings. The molecule has 13 heteroatoms. The van der Waals surface area contributed by atoms with Gasteiger partial charge in [-0.1, -0.05) is 26.8 Å². The number of hydrogen-bond donors (Lipinski definition) is 1. The van der Waals surface area contributed by atoms with Crippen molar-refractivity contribution in [1.82, 2.24) is 14.8 Å². The summed E-state index contributed by atoms with van der Waals surface area (Å²) < 4.78 is 58.9. The molecule has 0 aliphatic heterocycles. The summed E-state index contributed by atoms with van der Waals surface area (Å²) in [5.74, 6) is -0.711. The van der Waals surface area contributed by atoms with Gasteiger partial charge in [0.15, 0.2) is 0 Å². The van der Waals surface area contributed by atoms with E-state index in [1.807, 2.05) is 25.1 Å². The fraction of sp³-hybridized carbons (Fsp3) is 0.710. The number of carbonyl (C=O) groups is 1. The van der Waals surface area contributed by atoms with Gasteiger partial charge in [0.05, 0.1) is 37.6 Å². The van der Waals surface area contributed by atoms with Crippen LogP contribution in [0.25, 0.3) is 0 Å². The molecule has 0 spiro atoms. The van der Waals surface area contributed by atoms with Crippen LogP contribution in [0.2, 0.25) is 0 Å². The highest BCUT2D eigenvalue weighted by molar-refractivity contribution is 8.32. The van der Waals surface area contributed by atoms with E-state index >= 15 is 0 Å². The van der Waals surface area contributed by atoms with E-state index in [0.29, 0.717) is 18.2 Å². The summed E-state index contributed by atoms with van der Waals surface area (Å²) in [7, 11) is 2.24. The van der Waals surface area contributed by atoms with Gasteiger partial charge in [-0.3, -0.25) is 4.79 Å². The molecule has 1 aromatic carbocycles. The van der Waals surface area contributed by atoms with Crippen LogP contribution < -0.4 is 10.2 Å². The third-order valence-corrected chi connectivity index (χ3v) is 9.20. The second kappa shape index (κ2) is 15.7. The van der Waals surface area contributed by atoms with Crippen molar-refractivity contribution in [3.8, 4) is 0 Å². The van der Waals surface area contributed by atoms with Crippen LogP contribution in [0.1, 0.15) is 70.2 Å². The molecule has 1 aliphatic carbocycles. The number of halogens is 3. The number of nitrogens with one attached hydrogen (secondary N) is 1. The number of rotatable bonds is 15. The van der Waals surface area contributed by atoms with Crippen LogP contribution in [0, 0.1) is 5.92 Å². The Balaban J connectivity index is 2.00. The van der Waals surface area contributed by atoms with Crippen molar-refractivity contribution in [3.05, 3.63) is 29.6 Å². The Morgan fingerprint density at radius 3 is 2.39 bits per heavy atom. The van der Waals surface area contributed by atoms with Gasteiger partial charge in [0.2, 0.25) is 11.8 Å². The molecule has 1 heterocycles. The number of methoxy groups -OCH3 is 2. The Labute approximate surface area is 261 Å². The number of esters is 1. The fourth-order valence-electron chi connectivity index (χ4n) is 5.37. The van der Waals surface area contributed by atoms with E-state index in [-0.39, 0.29) is 43.1 Å². The predicted octanol–water partition coefficient (Wildman–Crippen LogP) is 6.80. The van der Waals surface area contributed by atoms with Crippen molar-refractivity contribution in [2.24, 2.45) is 5.92 Å². The summed E-state index contributed by atoms with van der Waals surface area (Å²) in [5.41, 5.74) is 2.28. The van der Waals surface area contributed by atoms with Crippen molar-refractivity contribution in [2.45, 2.75) is 83.8 Å². The van der Waals surface area contributed by atoms with Crippen LogP contribution in [0.5, 0.6) is 0 Å². The number of nitrogens with zero attached hydrogens (tertiary/aromatic N) is 4. The number of benzene rings is 1. The second-order valence-electron chi connectivity index (χ2n) is 12.9. The van der Waals surface area contributed by atoms with Crippen molar-refractivity contribution in [3.63, 3.8) is 0 Å². The normalized spacial score (nSPS) is 18.7. The Kier molecular flexibility index (Phi) is 12.8. The molecule has 9 nitrogen and oxygen atoms in total. The molecule has 2 aromatic rings. The number of anilines is 3. The molecule has 1 atom stereocenters. The molecule has 0 unspecified atom stereocenters. The lowest BCUT2D eigenvalue weighted by molar-refractivity contribution is -0.150. The highest BCUT2D eigenvalue weighted by Crippen LogP contribution is 2.38. The zero-order chi connectivity index (χ0) is 32.7. The Morgan fingerprint density at radius 2 is 1.82 bits per heavy atom. The maximum Gasteiger partial charge on any atom is 0.451 e. The zero-order valence-electron chi connectivity index (χ0n) is 27.4. The lowest BCUT2D eigenvalue weighted by Crippen LogP contribution is -2.41. The molecule has 1 saturated carbocycles. The minimum atomic E-state index is -4.71. The molecule has 0 saturated heterocycles. The summed E-state index contributed by atoms with van der Waals surface area (Å²) >= 11 is 0. The number of carbonyl (C=O) groups excluding carboxylic acids is 1. The van der Waals surface area contributed by atoms with Crippen molar-refractivity contribution in [2.75, 3.05) is 62.1 Å². The minimum Gasteiger partial charge on any atom is -0.469 e. The van der Waals surface area contributed by atoms with Crippen LogP contribution >= 0.6 is 10.0 Å². The summed E-state index contributed by atoms with van der Waals surface area (Å²) in [6.07, 6.45) is 5.80. The largest absolute Gasteiger partial charge is 0.469 e. The van der Waals surface area contributed by atoms with Gasteiger partial charge in [0, 0.05) is 25.4 Å². The summed E-state index contributed by atoms with van der Waals surface area (Å²) in [6, 6.07) is 6.07. The van der Waals surface area contributed by atoms with Gasteiger partial charge >= 0.3 is 12.1 Å². The van der Waals surface area contributed by atoms with E-state index < -0.39 is 22.0 Å². The molecule has 3 rings (SSSR count). The van der Waals surface area contributed by atoms with E-state index in [2.05, 4.69) is 52.9 Å². The van der Waals surface area contributed by atoms with Crippen molar-refractivity contribution >= 4 is 33.3 Å². The van der Waals surface area contributed by atoms with Gasteiger partial charge in [-0.15, -0.1) is 5.10 Å². The number of aromatic nitrogens is 3. The number of alkyl halides is 3. The lowest BCUT2D eigenvalue weighted by atomic mass is 9.90. The summed E-state index contributed by atoms with van der Waals surface area (Å²) in [6.45, 7) is 6.94. The summed E-state index contributed by atoms with van der Waals surface area (Å²) in [4.78, 5) is 18.2. The van der Waals surface area contributed by atoms with Crippen LogP contribution in [-0.2, 0) is 31.9 Å². The number of hydrogen-bond acceptors (Lipinski definition) is 8. The second-order valence-corrected chi connectivity index (χ2v) is 17.5. The molecule has 1 fully saturated rings. The van der Waals surface area contributed by atoms with Crippen LogP contribution in [0.3, 0.4) is 0 Å². The maximum atomic E-state index is 14.0. The van der Waals surface area contributed by atoms with Gasteiger partial charge in [0.1, 0.15) is 6.73 Å². The molecular formula is C31H50F3N5O4S. The van der Waals surface area contributed by atoms with Crippen molar-refractivity contribution in [1.29, 1.82) is 0 Å². The van der Waals surface area contributed by atoms with E-state index in [1.54, 1.807) is 7.11 Å². The topological polar surface area (TPSA) is 90.7 Å². The Bertz CT molecular complexity index is 1210. The molecule has 44 heavy (non-hydrogen) atoms. The van der Waals surface area contributed by atoms with Gasteiger partial charge < -0.3 is 24.4 Å². The average Bonchev–Trinajstić information content (AvgIpc) is 3.36. The first-order valence-corrected chi connectivity index (χ1v) is 18.2.